The van der Waals surface area contributed by atoms with Gasteiger partial charge in [-0.05, 0) is 63.6 Å². The summed E-state index contributed by atoms with van der Waals surface area (Å²) in [4.78, 5) is 60.2. The summed E-state index contributed by atoms with van der Waals surface area (Å²) in [7, 11) is 0. The number of nitrogens with one attached hydrogen (secondary N) is 3. The van der Waals surface area contributed by atoms with E-state index in [9.17, 15) is 19.2 Å². The number of pyridine rings is 1. The number of aromatic nitrogens is 1. The summed E-state index contributed by atoms with van der Waals surface area (Å²) >= 11 is 0. The summed E-state index contributed by atoms with van der Waals surface area (Å²) in [5, 5.41) is 8.28. The molecule has 5 atom stereocenters. The molecule has 0 aliphatic carbocycles. The quantitative estimate of drug-likeness (QED) is 0.493. The molecule has 4 heterocycles. The Morgan fingerprint density at radius 3 is 2.46 bits per heavy atom. The van der Waals surface area contributed by atoms with Crippen molar-refractivity contribution in [3.8, 4) is 0 Å². The predicted octanol–water partition coefficient (Wildman–Crippen LogP) is 2.70. The van der Waals surface area contributed by atoms with Crippen LogP contribution in [0.25, 0.3) is 17.0 Å². The second-order valence-electron chi connectivity index (χ2n) is 12.2. The van der Waals surface area contributed by atoms with Crippen LogP contribution >= 0.6 is 0 Å². The molecule has 1 unspecified atom stereocenters. The highest BCUT2D eigenvalue weighted by Gasteiger charge is 2.46. The van der Waals surface area contributed by atoms with E-state index in [-0.39, 0.29) is 35.6 Å². The minimum absolute atomic E-state index is 0.104. The van der Waals surface area contributed by atoms with E-state index in [1.807, 2.05) is 70.2 Å². The summed E-state index contributed by atoms with van der Waals surface area (Å²) in [6.07, 6.45) is 5.67. The van der Waals surface area contributed by atoms with Crippen LogP contribution in [0.4, 0.5) is 0 Å². The second kappa shape index (κ2) is 11.2. The number of carbonyl (C=O) groups is 4. The Labute approximate surface area is 240 Å². The van der Waals surface area contributed by atoms with Gasteiger partial charge in [0, 0.05) is 18.5 Å². The topological polar surface area (TPSA) is 124 Å². The molecule has 3 aliphatic heterocycles. The van der Waals surface area contributed by atoms with Crippen LogP contribution < -0.4 is 16.1 Å². The van der Waals surface area contributed by atoms with Crippen LogP contribution in [-0.4, -0.2) is 69.7 Å². The lowest BCUT2D eigenvalue weighted by atomic mass is 9.87. The molecule has 0 radical (unpaired) electrons. The van der Waals surface area contributed by atoms with E-state index in [4.69, 9.17) is 4.98 Å². The summed E-state index contributed by atoms with van der Waals surface area (Å²) in [6, 6.07) is 7.37. The van der Waals surface area contributed by atoms with Crippen LogP contribution in [0.15, 0.2) is 36.4 Å². The lowest BCUT2D eigenvalue weighted by Crippen LogP contribution is -2.62. The van der Waals surface area contributed by atoms with E-state index in [2.05, 4.69) is 16.1 Å². The van der Waals surface area contributed by atoms with Crippen molar-refractivity contribution in [1.29, 1.82) is 0 Å². The maximum atomic E-state index is 13.7. The summed E-state index contributed by atoms with van der Waals surface area (Å²) in [5.41, 5.74) is 4.73. The molecule has 7 bridgehead atoms. The van der Waals surface area contributed by atoms with Crippen molar-refractivity contribution in [1.82, 2.24) is 31.0 Å². The first-order valence-electron chi connectivity index (χ1n) is 14.6. The zero-order valence-corrected chi connectivity index (χ0v) is 24.4. The molecule has 0 spiro atoms. The summed E-state index contributed by atoms with van der Waals surface area (Å²) in [6.45, 7) is 10.1. The number of fused-ring (bicyclic) bond motifs is 6. The van der Waals surface area contributed by atoms with Gasteiger partial charge < -0.3 is 15.5 Å². The molecule has 4 amide bonds. The first-order chi connectivity index (χ1) is 19.5. The standard InChI is InChI=1S/C31H40N6O4/c1-18(2)26-28(39)33-20(4)29(40)37-15-6-7-24(35-37)27(38)32-19(3)23-11-10-22-9-8-21(17-25(22)34-23)12-13-31(5)14-16-36(26)30(31)41/h8-13,17-20,24,26,35H,6-7,14-16H2,1-5H3,(H,32,38)(H,33,39)/b13-12+/t19-,20+,24+,26+,31?/m1/s1. The summed E-state index contributed by atoms with van der Waals surface area (Å²) < 4.78 is 0. The second-order valence-corrected chi connectivity index (χ2v) is 12.2. The Bertz CT molecular complexity index is 1410. The summed E-state index contributed by atoms with van der Waals surface area (Å²) in [5.74, 6) is -1.16. The fraction of sp³-hybridized carbons (Fsp3) is 0.516. The molecule has 3 aliphatic rings. The number of hydrogen-bond donors (Lipinski definition) is 3. The molecule has 2 saturated heterocycles. The van der Waals surface area contributed by atoms with Crippen molar-refractivity contribution in [2.24, 2.45) is 11.3 Å². The predicted molar refractivity (Wildman–Crippen MR) is 156 cm³/mol. The SMILES string of the molecule is CC(C)[C@H]1C(=O)N[C@@H](C)C(=O)N2CCC[C@H](N2)C(=O)N[C@H](C)c2ccc3ccc(cc3n2)/C=C/C2(C)CCN1C2=O. The van der Waals surface area contributed by atoms with Crippen LogP contribution in [0.2, 0.25) is 0 Å². The van der Waals surface area contributed by atoms with Crippen molar-refractivity contribution >= 4 is 40.6 Å². The van der Waals surface area contributed by atoms with E-state index in [1.54, 1.807) is 11.8 Å². The van der Waals surface area contributed by atoms with Gasteiger partial charge in [-0.2, -0.15) is 0 Å². The minimum atomic E-state index is -0.836. The Kier molecular flexibility index (Phi) is 7.87. The van der Waals surface area contributed by atoms with Crippen molar-refractivity contribution < 1.29 is 19.2 Å². The highest BCUT2D eigenvalue weighted by Crippen LogP contribution is 2.36. The Morgan fingerprint density at radius 2 is 1.71 bits per heavy atom. The van der Waals surface area contributed by atoms with E-state index in [0.29, 0.717) is 32.4 Å². The zero-order valence-electron chi connectivity index (χ0n) is 24.4. The van der Waals surface area contributed by atoms with Gasteiger partial charge in [0.2, 0.25) is 17.7 Å². The smallest absolute Gasteiger partial charge is 0.258 e. The number of hydrogen-bond acceptors (Lipinski definition) is 6. The number of amides is 4. The van der Waals surface area contributed by atoms with E-state index >= 15 is 0 Å². The van der Waals surface area contributed by atoms with Gasteiger partial charge in [-0.25, -0.2) is 5.43 Å². The molecule has 218 valence electrons. The highest BCUT2D eigenvalue weighted by molar-refractivity contribution is 5.95. The highest BCUT2D eigenvalue weighted by atomic mass is 16.2. The van der Waals surface area contributed by atoms with Gasteiger partial charge in [0.25, 0.3) is 5.91 Å². The van der Waals surface area contributed by atoms with Gasteiger partial charge in [-0.1, -0.05) is 44.2 Å². The third-order valence-corrected chi connectivity index (χ3v) is 8.54. The molecular formula is C31H40N6O4. The van der Waals surface area contributed by atoms with E-state index < -0.39 is 23.5 Å². The average molecular weight is 561 g/mol. The van der Waals surface area contributed by atoms with Crippen LogP contribution in [-0.2, 0) is 19.2 Å². The Balaban J connectivity index is 1.52. The van der Waals surface area contributed by atoms with E-state index in [0.717, 1.165) is 22.2 Å². The van der Waals surface area contributed by atoms with Gasteiger partial charge >= 0.3 is 0 Å². The molecule has 0 saturated carbocycles. The fourth-order valence-corrected chi connectivity index (χ4v) is 6.00. The Morgan fingerprint density at radius 1 is 0.976 bits per heavy atom. The minimum Gasteiger partial charge on any atom is -0.347 e. The van der Waals surface area contributed by atoms with Crippen LogP contribution in [0, 0.1) is 11.3 Å². The molecule has 1 aromatic heterocycles. The number of benzene rings is 1. The monoisotopic (exact) mass is 560 g/mol. The third-order valence-electron chi connectivity index (χ3n) is 8.54. The largest absolute Gasteiger partial charge is 0.347 e. The van der Waals surface area contributed by atoms with Crippen molar-refractivity contribution in [2.75, 3.05) is 13.1 Å². The lowest BCUT2D eigenvalue weighted by Gasteiger charge is -2.36. The van der Waals surface area contributed by atoms with Gasteiger partial charge in [-0.15, -0.1) is 0 Å². The third kappa shape index (κ3) is 5.70. The first kappa shape index (κ1) is 28.7. The van der Waals surface area contributed by atoms with Crippen LogP contribution in [0.3, 0.4) is 0 Å². The zero-order chi connectivity index (χ0) is 29.5. The fourth-order valence-electron chi connectivity index (χ4n) is 6.00. The van der Waals surface area contributed by atoms with Gasteiger partial charge in [0.1, 0.15) is 18.1 Å². The van der Waals surface area contributed by atoms with Crippen molar-refractivity contribution in [3.63, 3.8) is 0 Å². The van der Waals surface area contributed by atoms with E-state index in [1.165, 1.54) is 5.01 Å². The number of nitrogens with zero attached hydrogens (tertiary/aromatic N) is 3. The van der Waals surface area contributed by atoms with Gasteiger partial charge in [-0.3, -0.25) is 29.2 Å². The lowest BCUT2D eigenvalue weighted by molar-refractivity contribution is -0.146. The maximum absolute atomic E-state index is 13.7. The molecule has 1 aromatic carbocycles. The average Bonchev–Trinajstić information content (AvgIpc) is 3.24. The molecule has 10 nitrogen and oxygen atoms in total. The van der Waals surface area contributed by atoms with Gasteiger partial charge in [0.05, 0.1) is 22.7 Å². The molecule has 5 rings (SSSR count). The van der Waals surface area contributed by atoms with Crippen molar-refractivity contribution in [2.45, 2.75) is 78.0 Å². The van der Waals surface area contributed by atoms with Gasteiger partial charge in [0.15, 0.2) is 0 Å². The molecule has 2 fully saturated rings. The Hall–Kier alpha value is -3.79. The van der Waals surface area contributed by atoms with Crippen LogP contribution in [0.1, 0.15) is 71.2 Å². The molecule has 41 heavy (non-hydrogen) atoms. The number of carbonyl (C=O) groups excluding carboxylic acids is 4. The maximum Gasteiger partial charge on any atom is 0.258 e. The number of rotatable bonds is 1. The molecule has 10 heteroatoms. The number of hydrazine groups is 1. The molecule has 3 N–H and O–H groups in total. The van der Waals surface area contributed by atoms with Crippen molar-refractivity contribution in [3.05, 3.63) is 47.7 Å². The molecular weight excluding hydrogens is 520 g/mol. The van der Waals surface area contributed by atoms with Crippen LogP contribution in [0.5, 0.6) is 0 Å². The normalized spacial score (nSPS) is 30.5. The molecule has 2 aromatic rings. The first-order valence-corrected chi connectivity index (χ1v) is 14.6.